The van der Waals surface area contributed by atoms with Gasteiger partial charge in [-0.3, -0.25) is 0 Å². The fourth-order valence-electron chi connectivity index (χ4n) is 1.03. The molecule has 0 aliphatic carbocycles. The quantitative estimate of drug-likeness (QED) is 0.472. The highest BCUT2D eigenvalue weighted by Gasteiger charge is 2.43. The zero-order chi connectivity index (χ0) is 13.6. The number of carbonyl (C=O) groups excluding carboxylic acids is 1. The summed E-state index contributed by atoms with van der Waals surface area (Å²) in [7, 11) is 0. The molecule has 1 rings (SSSR count). The Morgan fingerprint density at radius 2 is 2.11 bits per heavy atom. The van der Waals surface area contributed by atoms with Gasteiger partial charge in [-0.05, 0) is 18.2 Å². The zero-order valence-corrected chi connectivity index (χ0v) is 9.00. The van der Waals surface area contributed by atoms with E-state index in [1.54, 1.807) is 0 Å². The molecule has 0 aliphatic heterocycles. The Morgan fingerprint density at radius 1 is 1.39 bits per heavy atom. The molecule has 1 aromatic rings. The van der Waals surface area contributed by atoms with Gasteiger partial charge in [-0.2, -0.15) is 17.6 Å². The van der Waals surface area contributed by atoms with Crippen molar-refractivity contribution in [1.29, 1.82) is 0 Å². The van der Waals surface area contributed by atoms with Crippen molar-refractivity contribution in [2.75, 3.05) is 0 Å². The number of hydrogen-bond donors (Lipinski definition) is 0. The van der Waals surface area contributed by atoms with Crippen molar-refractivity contribution in [3.8, 4) is 17.6 Å². The number of rotatable bonds is 4. The second kappa shape index (κ2) is 6.05. The normalized spacial score (nSPS) is 10.7. The lowest BCUT2D eigenvalue weighted by atomic mass is 10.2. The number of aldehydes is 1. The number of carbonyl (C=O) groups is 1. The molecule has 0 amide bonds. The summed E-state index contributed by atoms with van der Waals surface area (Å²) in [4.78, 5) is 10.0. The minimum atomic E-state index is -4.55. The standard InChI is InChI=1S/C12H8F4O2/c13-11(14)12(15,16)18-10-6-3-5-9(8-10)4-1-2-7-17/h3,5-8,11H,2H2. The number of ether oxygens (including phenoxy) is 1. The van der Waals surface area contributed by atoms with Crippen LogP contribution in [0.5, 0.6) is 5.75 Å². The fraction of sp³-hybridized carbons (Fsp3) is 0.250. The predicted octanol–water partition coefficient (Wildman–Crippen LogP) is 2.86. The first-order chi connectivity index (χ1) is 8.45. The Bertz CT molecular complexity index is 474. The van der Waals surface area contributed by atoms with Crippen LogP contribution < -0.4 is 4.74 Å². The van der Waals surface area contributed by atoms with Crippen LogP contribution in [0, 0.1) is 11.8 Å². The third-order valence-corrected chi connectivity index (χ3v) is 1.76. The van der Waals surface area contributed by atoms with Crippen molar-refractivity contribution in [2.24, 2.45) is 0 Å². The minimum Gasteiger partial charge on any atom is -0.428 e. The number of hydrogen-bond acceptors (Lipinski definition) is 2. The molecule has 6 heteroatoms. The van der Waals surface area contributed by atoms with Crippen LogP contribution in [-0.4, -0.2) is 18.8 Å². The summed E-state index contributed by atoms with van der Waals surface area (Å²) in [5, 5.41) is 0. The van der Waals surface area contributed by atoms with Crippen LogP contribution in [0.4, 0.5) is 17.6 Å². The highest BCUT2D eigenvalue weighted by Crippen LogP contribution is 2.27. The molecule has 0 saturated carbocycles. The van der Waals surface area contributed by atoms with Crippen molar-refractivity contribution in [2.45, 2.75) is 19.0 Å². The molecule has 0 fully saturated rings. The van der Waals surface area contributed by atoms with E-state index in [0.29, 0.717) is 11.8 Å². The molecular weight excluding hydrogens is 252 g/mol. The van der Waals surface area contributed by atoms with Crippen molar-refractivity contribution in [1.82, 2.24) is 0 Å². The third kappa shape index (κ3) is 4.09. The molecule has 2 nitrogen and oxygen atoms in total. The topological polar surface area (TPSA) is 26.3 Å². The average molecular weight is 260 g/mol. The van der Waals surface area contributed by atoms with Gasteiger partial charge in [0.1, 0.15) is 12.0 Å². The van der Waals surface area contributed by atoms with E-state index in [9.17, 15) is 22.4 Å². The summed E-state index contributed by atoms with van der Waals surface area (Å²) in [6.45, 7) is 0. The van der Waals surface area contributed by atoms with E-state index in [1.807, 2.05) is 0 Å². The molecule has 0 atom stereocenters. The molecule has 0 saturated heterocycles. The molecule has 0 aliphatic rings. The molecule has 0 aromatic heterocycles. The van der Waals surface area contributed by atoms with E-state index in [1.165, 1.54) is 12.1 Å². The molecule has 0 spiro atoms. The lowest BCUT2D eigenvalue weighted by Crippen LogP contribution is -2.33. The van der Waals surface area contributed by atoms with Gasteiger partial charge >= 0.3 is 12.5 Å². The molecule has 0 unspecified atom stereocenters. The van der Waals surface area contributed by atoms with Gasteiger partial charge in [0.05, 0.1) is 6.42 Å². The number of halogens is 4. The SMILES string of the molecule is O=CCC#Cc1cccc(OC(F)(F)C(F)F)c1. The fourth-order valence-corrected chi connectivity index (χ4v) is 1.03. The monoisotopic (exact) mass is 260 g/mol. The van der Waals surface area contributed by atoms with E-state index >= 15 is 0 Å². The summed E-state index contributed by atoms with van der Waals surface area (Å²) < 4.78 is 52.9. The van der Waals surface area contributed by atoms with Gasteiger partial charge in [0, 0.05) is 5.56 Å². The number of alkyl halides is 4. The maximum Gasteiger partial charge on any atom is 0.461 e. The third-order valence-electron chi connectivity index (χ3n) is 1.76. The minimum absolute atomic E-state index is 0.00171. The Kier molecular flexibility index (Phi) is 4.72. The smallest absolute Gasteiger partial charge is 0.428 e. The van der Waals surface area contributed by atoms with Crippen molar-refractivity contribution < 1.29 is 27.1 Å². The van der Waals surface area contributed by atoms with Crippen LogP contribution >= 0.6 is 0 Å². The van der Waals surface area contributed by atoms with E-state index in [0.717, 1.165) is 12.1 Å². The first-order valence-electron chi connectivity index (χ1n) is 4.83. The molecule has 18 heavy (non-hydrogen) atoms. The largest absolute Gasteiger partial charge is 0.461 e. The van der Waals surface area contributed by atoms with Crippen molar-refractivity contribution >= 4 is 6.29 Å². The molecule has 1 aromatic carbocycles. The van der Waals surface area contributed by atoms with Gasteiger partial charge in [-0.25, -0.2) is 0 Å². The van der Waals surface area contributed by atoms with Crippen LogP contribution in [0.3, 0.4) is 0 Å². The molecule has 0 bridgehead atoms. The molecule has 96 valence electrons. The van der Waals surface area contributed by atoms with Crippen molar-refractivity contribution in [3.05, 3.63) is 29.8 Å². The summed E-state index contributed by atoms with van der Waals surface area (Å²) in [6.07, 6.45) is -7.88. The summed E-state index contributed by atoms with van der Waals surface area (Å²) >= 11 is 0. The Labute approximate surface area is 101 Å². The predicted molar refractivity (Wildman–Crippen MR) is 55.6 cm³/mol. The van der Waals surface area contributed by atoms with E-state index < -0.39 is 18.3 Å². The van der Waals surface area contributed by atoms with Crippen LogP contribution in [0.15, 0.2) is 24.3 Å². The first kappa shape index (κ1) is 14.0. The lowest BCUT2D eigenvalue weighted by Gasteiger charge is -2.16. The van der Waals surface area contributed by atoms with Gasteiger partial charge in [-0.15, -0.1) is 0 Å². The second-order valence-electron chi connectivity index (χ2n) is 3.16. The summed E-state index contributed by atoms with van der Waals surface area (Å²) in [6, 6.07) is 5.02. The van der Waals surface area contributed by atoms with Gasteiger partial charge in [0.2, 0.25) is 0 Å². The van der Waals surface area contributed by atoms with E-state index in [4.69, 9.17) is 0 Å². The van der Waals surface area contributed by atoms with Crippen LogP contribution in [0.25, 0.3) is 0 Å². The first-order valence-corrected chi connectivity index (χ1v) is 4.83. The second-order valence-corrected chi connectivity index (χ2v) is 3.16. The maximum absolute atomic E-state index is 12.6. The molecular formula is C12H8F4O2. The summed E-state index contributed by atoms with van der Waals surface area (Å²) in [5.41, 5.74) is 0.291. The highest BCUT2D eigenvalue weighted by atomic mass is 19.3. The van der Waals surface area contributed by atoms with Crippen LogP contribution in [-0.2, 0) is 4.79 Å². The van der Waals surface area contributed by atoms with E-state index in [-0.39, 0.29) is 6.42 Å². The Morgan fingerprint density at radius 3 is 2.72 bits per heavy atom. The van der Waals surface area contributed by atoms with E-state index in [2.05, 4.69) is 16.6 Å². The average Bonchev–Trinajstić information content (AvgIpc) is 2.29. The molecule has 0 radical (unpaired) electrons. The maximum atomic E-state index is 12.6. The number of benzene rings is 1. The van der Waals surface area contributed by atoms with Gasteiger partial charge in [0.25, 0.3) is 0 Å². The highest BCUT2D eigenvalue weighted by molar-refractivity contribution is 5.55. The summed E-state index contributed by atoms with van der Waals surface area (Å²) in [5.74, 6) is 4.54. The van der Waals surface area contributed by atoms with Crippen LogP contribution in [0.2, 0.25) is 0 Å². The zero-order valence-electron chi connectivity index (χ0n) is 9.00. The van der Waals surface area contributed by atoms with Gasteiger partial charge < -0.3 is 9.53 Å². The van der Waals surface area contributed by atoms with Gasteiger partial charge in [0.15, 0.2) is 0 Å². The molecule has 0 heterocycles. The van der Waals surface area contributed by atoms with Gasteiger partial charge in [-0.1, -0.05) is 17.9 Å². The Balaban J connectivity index is 2.84. The van der Waals surface area contributed by atoms with Crippen LogP contribution in [0.1, 0.15) is 12.0 Å². The Hall–Kier alpha value is -2.03. The molecule has 0 N–H and O–H groups in total. The van der Waals surface area contributed by atoms with Crippen molar-refractivity contribution in [3.63, 3.8) is 0 Å². The lowest BCUT2D eigenvalue weighted by molar-refractivity contribution is -0.253.